The van der Waals surface area contributed by atoms with Gasteiger partial charge in [0.15, 0.2) is 5.82 Å². The average Bonchev–Trinajstić information content (AvgIpc) is 2.97. The lowest BCUT2D eigenvalue weighted by Crippen LogP contribution is -2.30. The van der Waals surface area contributed by atoms with Crippen molar-refractivity contribution in [2.45, 2.75) is 39.3 Å². The molecule has 1 saturated heterocycles. The van der Waals surface area contributed by atoms with E-state index in [0.717, 1.165) is 30.0 Å². The number of aryl methyl sites for hydroxylation is 1. The topological polar surface area (TPSA) is 105 Å². The van der Waals surface area contributed by atoms with Crippen LogP contribution in [0.3, 0.4) is 0 Å². The van der Waals surface area contributed by atoms with Crippen LogP contribution in [0, 0.1) is 16.0 Å². The third kappa shape index (κ3) is 3.97. The summed E-state index contributed by atoms with van der Waals surface area (Å²) in [4.78, 5) is 19.6. The highest BCUT2D eigenvalue weighted by atomic mass is 16.6. The molecule has 2 heterocycles. The molecule has 26 heavy (non-hydrogen) atoms. The summed E-state index contributed by atoms with van der Waals surface area (Å²) in [5, 5.41) is 14.2. The molecule has 1 fully saturated rings. The third-order valence-corrected chi connectivity index (χ3v) is 4.82. The normalized spacial score (nSPS) is 22.3. The van der Waals surface area contributed by atoms with E-state index in [1.54, 1.807) is 12.1 Å². The molecule has 0 aliphatic carbocycles. The lowest BCUT2D eigenvalue weighted by molar-refractivity contribution is -0.384. The van der Waals surface area contributed by atoms with Crippen LogP contribution in [0.15, 0.2) is 30.3 Å². The van der Waals surface area contributed by atoms with E-state index in [9.17, 15) is 10.1 Å². The van der Waals surface area contributed by atoms with Crippen LogP contribution in [-0.4, -0.2) is 33.5 Å². The van der Waals surface area contributed by atoms with Gasteiger partial charge in [0.1, 0.15) is 5.82 Å². The molecule has 0 saturated carbocycles. The fourth-order valence-electron chi connectivity index (χ4n) is 3.12. The van der Waals surface area contributed by atoms with E-state index in [2.05, 4.69) is 40.0 Å². The summed E-state index contributed by atoms with van der Waals surface area (Å²) in [7, 11) is 0. The lowest BCUT2D eigenvalue weighted by atomic mass is 9.97. The van der Waals surface area contributed by atoms with E-state index in [-0.39, 0.29) is 5.69 Å². The fraction of sp³-hybridized carbons (Fsp3) is 0.444. The molecule has 138 valence electrons. The van der Waals surface area contributed by atoms with Crippen molar-refractivity contribution in [3.63, 3.8) is 0 Å². The van der Waals surface area contributed by atoms with Gasteiger partial charge in [-0.15, -0.1) is 0 Å². The molecule has 0 bridgehead atoms. The molecule has 8 nitrogen and oxygen atoms in total. The van der Waals surface area contributed by atoms with E-state index in [1.165, 1.54) is 12.1 Å². The average molecular weight is 356 g/mol. The van der Waals surface area contributed by atoms with Crippen LogP contribution < -0.4 is 16.2 Å². The van der Waals surface area contributed by atoms with Gasteiger partial charge in [-0.25, -0.2) is 9.97 Å². The van der Waals surface area contributed by atoms with E-state index in [4.69, 9.17) is 0 Å². The number of hydrogen-bond acceptors (Lipinski definition) is 7. The molecule has 1 aliphatic rings. The van der Waals surface area contributed by atoms with Crippen molar-refractivity contribution >= 4 is 11.5 Å². The van der Waals surface area contributed by atoms with Crippen molar-refractivity contribution < 1.29 is 4.92 Å². The first-order valence-corrected chi connectivity index (χ1v) is 8.85. The smallest absolute Gasteiger partial charge is 0.269 e. The summed E-state index contributed by atoms with van der Waals surface area (Å²) in [5.74, 6) is 1.79. The van der Waals surface area contributed by atoms with Crippen molar-refractivity contribution in [3.05, 3.63) is 46.1 Å². The molecule has 2 aromatic rings. The molecule has 1 aromatic carbocycles. The molecule has 2 unspecified atom stereocenters. The highest BCUT2D eigenvalue weighted by Crippen LogP contribution is 2.22. The molecule has 1 aromatic heterocycles. The highest BCUT2D eigenvalue weighted by molar-refractivity contribution is 5.59. The van der Waals surface area contributed by atoms with Crippen molar-refractivity contribution in [3.8, 4) is 11.4 Å². The van der Waals surface area contributed by atoms with Crippen LogP contribution in [-0.2, 0) is 6.42 Å². The molecule has 8 heteroatoms. The number of anilines is 1. The Morgan fingerprint density at radius 3 is 2.38 bits per heavy atom. The maximum Gasteiger partial charge on any atom is 0.269 e. The second-order valence-electron chi connectivity index (χ2n) is 6.64. The minimum atomic E-state index is -0.411. The number of non-ortho nitro benzene ring substituents is 1. The van der Waals surface area contributed by atoms with Gasteiger partial charge in [-0.1, -0.05) is 6.92 Å². The monoisotopic (exact) mass is 356 g/mol. The number of aromatic nitrogens is 2. The predicted molar refractivity (Wildman–Crippen MR) is 101 cm³/mol. The van der Waals surface area contributed by atoms with E-state index in [1.807, 2.05) is 13.0 Å². The van der Waals surface area contributed by atoms with Gasteiger partial charge < -0.3 is 5.32 Å². The number of nitro benzene ring substituents is 1. The number of nitrogens with zero attached hydrogens (tertiary/aromatic N) is 3. The molecule has 0 amide bonds. The Bertz CT molecular complexity index is 770. The summed E-state index contributed by atoms with van der Waals surface area (Å²) in [6.07, 6.45) is 0.788. The first-order valence-electron chi connectivity index (χ1n) is 8.85. The molecular weight excluding hydrogens is 332 g/mol. The summed E-state index contributed by atoms with van der Waals surface area (Å²) in [6, 6.07) is 9.03. The van der Waals surface area contributed by atoms with Crippen molar-refractivity contribution in [1.82, 2.24) is 20.8 Å². The Morgan fingerprint density at radius 1 is 1.15 bits per heavy atom. The number of hydrazine groups is 1. The Balaban J connectivity index is 1.81. The zero-order valence-corrected chi connectivity index (χ0v) is 15.2. The van der Waals surface area contributed by atoms with Gasteiger partial charge in [0.2, 0.25) is 0 Å². The molecular formula is C18H24N6O2. The van der Waals surface area contributed by atoms with Crippen LogP contribution in [0.4, 0.5) is 11.5 Å². The van der Waals surface area contributed by atoms with Gasteiger partial charge in [-0.05, 0) is 32.4 Å². The van der Waals surface area contributed by atoms with Gasteiger partial charge in [0.25, 0.3) is 5.69 Å². The van der Waals surface area contributed by atoms with Gasteiger partial charge in [0.05, 0.1) is 4.92 Å². The van der Waals surface area contributed by atoms with Crippen LogP contribution in [0.1, 0.15) is 26.5 Å². The minimum absolute atomic E-state index is 0.0583. The molecule has 3 rings (SSSR count). The van der Waals surface area contributed by atoms with Crippen LogP contribution in [0.2, 0.25) is 0 Å². The number of rotatable bonds is 6. The Morgan fingerprint density at radius 2 is 1.81 bits per heavy atom. The van der Waals surface area contributed by atoms with E-state index >= 15 is 0 Å². The van der Waals surface area contributed by atoms with Crippen LogP contribution >= 0.6 is 0 Å². The van der Waals surface area contributed by atoms with E-state index < -0.39 is 4.92 Å². The zero-order valence-electron chi connectivity index (χ0n) is 15.2. The number of benzene rings is 1. The van der Waals surface area contributed by atoms with Gasteiger partial charge in [-0.2, -0.15) is 0 Å². The summed E-state index contributed by atoms with van der Waals surface area (Å²) >= 11 is 0. The van der Waals surface area contributed by atoms with Crippen molar-refractivity contribution in [2.24, 2.45) is 5.92 Å². The zero-order chi connectivity index (χ0) is 18.7. The second kappa shape index (κ2) is 7.76. The molecule has 2 atom stereocenters. The summed E-state index contributed by atoms with van der Waals surface area (Å²) in [6.45, 7) is 7.15. The molecule has 0 radical (unpaired) electrons. The Labute approximate surface area is 152 Å². The number of nitrogens with one attached hydrogen (secondary N) is 3. The largest absolute Gasteiger partial charge is 0.370 e. The van der Waals surface area contributed by atoms with Crippen LogP contribution in [0.25, 0.3) is 11.4 Å². The molecule has 0 spiro atoms. The second-order valence-corrected chi connectivity index (χ2v) is 6.64. The lowest BCUT2D eigenvalue weighted by Gasteiger charge is -2.19. The summed E-state index contributed by atoms with van der Waals surface area (Å²) in [5.41, 5.74) is 8.26. The van der Waals surface area contributed by atoms with Crippen molar-refractivity contribution in [1.29, 1.82) is 0 Å². The first kappa shape index (κ1) is 18.2. The highest BCUT2D eigenvalue weighted by Gasteiger charge is 2.29. The van der Waals surface area contributed by atoms with Crippen LogP contribution in [0.5, 0.6) is 0 Å². The Hall–Kier alpha value is -2.58. The predicted octanol–water partition coefficient (Wildman–Crippen LogP) is 2.53. The standard InChI is InChI=1S/C18H24N6O2/c1-4-14-9-17(19-10-16-11(2)22-23-12(16)3)21-18(20-14)13-5-7-15(8-6-13)24(25)26/h5-9,11-12,16,22-23H,4,10H2,1-3H3,(H,19,20,21). The molecule has 3 N–H and O–H groups in total. The van der Waals surface area contributed by atoms with Gasteiger partial charge >= 0.3 is 0 Å². The van der Waals surface area contributed by atoms with Gasteiger partial charge in [0, 0.05) is 54.0 Å². The quantitative estimate of drug-likeness (QED) is 0.539. The maximum atomic E-state index is 10.8. The Kier molecular flexibility index (Phi) is 5.43. The number of hydrogen-bond donors (Lipinski definition) is 3. The molecule has 1 aliphatic heterocycles. The fourth-order valence-corrected chi connectivity index (χ4v) is 3.12. The first-order chi connectivity index (χ1) is 12.5. The maximum absolute atomic E-state index is 10.8. The third-order valence-electron chi connectivity index (χ3n) is 4.82. The minimum Gasteiger partial charge on any atom is -0.370 e. The van der Waals surface area contributed by atoms with E-state index in [0.29, 0.717) is 23.8 Å². The van der Waals surface area contributed by atoms with Gasteiger partial charge in [-0.3, -0.25) is 21.0 Å². The van der Waals surface area contributed by atoms with Crippen molar-refractivity contribution in [2.75, 3.05) is 11.9 Å². The SMILES string of the molecule is CCc1cc(NCC2C(C)NNC2C)nc(-c2ccc([N+](=O)[O-])cc2)n1. The summed E-state index contributed by atoms with van der Waals surface area (Å²) < 4.78 is 0. The number of nitro groups is 1.